The van der Waals surface area contributed by atoms with Crippen LogP contribution in [0.25, 0.3) is 0 Å². The molecule has 0 fully saturated rings. The van der Waals surface area contributed by atoms with Crippen molar-refractivity contribution in [2.75, 3.05) is 33.9 Å². The van der Waals surface area contributed by atoms with Crippen molar-refractivity contribution in [1.29, 1.82) is 0 Å². The molecule has 0 spiro atoms. The molecule has 0 radical (unpaired) electrons. The number of carbonyl (C=O) groups is 2. The van der Waals surface area contributed by atoms with Gasteiger partial charge >= 0.3 is 6.03 Å². The van der Waals surface area contributed by atoms with Crippen molar-refractivity contribution in [3.8, 4) is 5.75 Å². The fraction of sp³-hybridized carbons (Fsp3) is 0.423. The van der Waals surface area contributed by atoms with Crippen molar-refractivity contribution >= 4 is 29.3 Å². The summed E-state index contributed by atoms with van der Waals surface area (Å²) in [6, 6.07) is 14.2. The molecule has 1 N–H and O–H groups in total. The highest BCUT2D eigenvalue weighted by molar-refractivity contribution is 6.31. The molecular formula is C26H33ClN4O4. The highest BCUT2D eigenvalue weighted by atomic mass is 35.5. The number of nitrogens with one attached hydrogen (secondary N) is 1. The Morgan fingerprint density at radius 1 is 1.17 bits per heavy atom. The molecule has 9 heteroatoms. The minimum atomic E-state index is -0.448. The summed E-state index contributed by atoms with van der Waals surface area (Å²) >= 11 is 6.51. The Balaban J connectivity index is 1.92. The van der Waals surface area contributed by atoms with Crippen molar-refractivity contribution < 1.29 is 19.1 Å². The number of nitrogens with zero attached hydrogens (tertiary/aromatic N) is 3. The van der Waals surface area contributed by atoms with E-state index in [4.69, 9.17) is 26.2 Å². The maximum atomic E-state index is 13.6. The van der Waals surface area contributed by atoms with E-state index < -0.39 is 11.6 Å². The molecule has 8 nitrogen and oxygen atoms in total. The molecule has 0 saturated carbocycles. The number of carbonyl (C=O) groups excluding carboxylic acids is 2. The molecule has 188 valence electrons. The fourth-order valence-electron chi connectivity index (χ4n) is 3.79. The van der Waals surface area contributed by atoms with Gasteiger partial charge in [-0.05, 0) is 44.5 Å². The quantitative estimate of drug-likeness (QED) is 0.579. The number of ether oxygens (including phenoxy) is 2. The van der Waals surface area contributed by atoms with Crippen LogP contribution in [-0.2, 0) is 9.53 Å². The number of methoxy groups -OCH3 is 2. The summed E-state index contributed by atoms with van der Waals surface area (Å²) in [6.07, 6.45) is 0.481. The normalized spacial score (nSPS) is 15.5. The number of benzene rings is 2. The third kappa shape index (κ3) is 6.96. The summed E-state index contributed by atoms with van der Waals surface area (Å²) in [4.78, 5) is 27.9. The highest BCUT2D eigenvalue weighted by Gasteiger charge is 2.35. The van der Waals surface area contributed by atoms with Gasteiger partial charge in [-0.2, -0.15) is 5.10 Å². The molecule has 3 amide bonds. The van der Waals surface area contributed by atoms with Crippen LogP contribution in [-0.4, -0.2) is 67.0 Å². The number of hydrogen-bond donors (Lipinski definition) is 1. The molecule has 2 aromatic carbocycles. The molecule has 1 heterocycles. The summed E-state index contributed by atoms with van der Waals surface area (Å²) in [5.41, 5.74) is 1.95. The lowest BCUT2D eigenvalue weighted by Crippen LogP contribution is -2.52. The molecule has 0 aliphatic carbocycles. The topological polar surface area (TPSA) is 83.5 Å². The molecule has 2 aromatic rings. The lowest BCUT2D eigenvalue weighted by Gasteiger charge is -2.30. The first-order chi connectivity index (χ1) is 16.6. The Labute approximate surface area is 211 Å². The van der Waals surface area contributed by atoms with E-state index in [9.17, 15) is 9.59 Å². The van der Waals surface area contributed by atoms with Crippen LogP contribution < -0.4 is 10.1 Å². The predicted molar refractivity (Wildman–Crippen MR) is 137 cm³/mol. The summed E-state index contributed by atoms with van der Waals surface area (Å²) in [6.45, 7) is 6.08. The Morgan fingerprint density at radius 3 is 2.57 bits per heavy atom. The van der Waals surface area contributed by atoms with E-state index in [2.05, 4.69) is 5.32 Å². The Bertz CT molecular complexity index is 1080. The van der Waals surface area contributed by atoms with Gasteiger partial charge in [-0.15, -0.1) is 0 Å². The first-order valence-corrected chi connectivity index (χ1v) is 11.8. The predicted octanol–water partition coefficient (Wildman–Crippen LogP) is 4.48. The molecular weight excluding hydrogens is 468 g/mol. The van der Waals surface area contributed by atoms with Gasteiger partial charge < -0.3 is 19.7 Å². The minimum Gasteiger partial charge on any atom is -0.497 e. The van der Waals surface area contributed by atoms with Crippen LogP contribution in [0.1, 0.15) is 44.4 Å². The van der Waals surface area contributed by atoms with Crippen LogP contribution in [0.15, 0.2) is 53.6 Å². The summed E-state index contributed by atoms with van der Waals surface area (Å²) < 4.78 is 10.5. The first kappa shape index (κ1) is 26.5. The lowest BCUT2D eigenvalue weighted by molar-refractivity contribution is -0.133. The van der Waals surface area contributed by atoms with E-state index in [0.717, 1.165) is 16.8 Å². The van der Waals surface area contributed by atoms with Gasteiger partial charge in [0.1, 0.15) is 12.3 Å². The van der Waals surface area contributed by atoms with E-state index in [-0.39, 0.29) is 25.0 Å². The zero-order valence-electron chi connectivity index (χ0n) is 20.9. The maximum absolute atomic E-state index is 13.6. The summed E-state index contributed by atoms with van der Waals surface area (Å²) in [5, 5.41) is 9.61. The summed E-state index contributed by atoms with van der Waals surface area (Å²) in [5.74, 6) is 0.391. The van der Waals surface area contributed by atoms with Gasteiger partial charge in [-0.1, -0.05) is 41.9 Å². The van der Waals surface area contributed by atoms with E-state index in [0.29, 0.717) is 23.8 Å². The standard InChI is InChI=1S/C26H33ClN4O4/c1-26(2,3)28-25(33)30(13-14-34-4)17-24(32)31-23(20-11-6-7-12-21(20)27)16-22(29-31)18-9-8-10-19(15-18)35-5/h6-12,15,23H,13-14,16-17H2,1-5H3,(H,28,33). The average Bonchev–Trinajstić information content (AvgIpc) is 3.26. The summed E-state index contributed by atoms with van der Waals surface area (Å²) in [7, 11) is 3.16. The third-order valence-corrected chi connectivity index (χ3v) is 5.84. The van der Waals surface area contributed by atoms with Crippen molar-refractivity contribution in [3.05, 3.63) is 64.7 Å². The Kier molecular flexibility index (Phi) is 8.75. The van der Waals surface area contributed by atoms with Crippen molar-refractivity contribution in [1.82, 2.24) is 15.2 Å². The number of rotatable bonds is 8. The van der Waals surface area contributed by atoms with Crippen LogP contribution in [0, 0.1) is 0 Å². The molecule has 0 bridgehead atoms. The van der Waals surface area contributed by atoms with E-state index in [1.807, 2.05) is 63.2 Å². The van der Waals surface area contributed by atoms with Crippen LogP contribution in [0.3, 0.4) is 0 Å². The van der Waals surface area contributed by atoms with Crippen molar-refractivity contribution in [3.63, 3.8) is 0 Å². The van der Waals surface area contributed by atoms with Gasteiger partial charge in [-0.25, -0.2) is 9.80 Å². The number of hydrazone groups is 1. The number of amides is 3. The molecule has 1 unspecified atom stereocenters. The van der Waals surface area contributed by atoms with E-state index in [1.54, 1.807) is 20.3 Å². The lowest BCUT2D eigenvalue weighted by atomic mass is 9.98. The fourth-order valence-corrected chi connectivity index (χ4v) is 4.06. The SMILES string of the molecule is COCCN(CC(=O)N1N=C(c2cccc(OC)c2)CC1c1ccccc1Cl)C(=O)NC(C)(C)C. The van der Waals surface area contributed by atoms with E-state index >= 15 is 0 Å². The second-order valence-corrected chi connectivity index (χ2v) is 9.76. The zero-order chi connectivity index (χ0) is 25.6. The van der Waals surface area contributed by atoms with Crippen LogP contribution in [0.5, 0.6) is 5.75 Å². The molecule has 3 rings (SSSR count). The van der Waals surface area contributed by atoms with Crippen LogP contribution in [0.2, 0.25) is 5.02 Å². The molecule has 0 aromatic heterocycles. The maximum Gasteiger partial charge on any atom is 0.318 e. The van der Waals surface area contributed by atoms with Gasteiger partial charge in [0.25, 0.3) is 5.91 Å². The van der Waals surface area contributed by atoms with E-state index in [1.165, 1.54) is 9.91 Å². The number of hydrogen-bond acceptors (Lipinski definition) is 5. The smallest absolute Gasteiger partial charge is 0.318 e. The monoisotopic (exact) mass is 500 g/mol. The molecule has 35 heavy (non-hydrogen) atoms. The third-order valence-electron chi connectivity index (χ3n) is 5.49. The molecule has 0 saturated heterocycles. The van der Waals surface area contributed by atoms with Gasteiger partial charge in [0.15, 0.2) is 0 Å². The minimum absolute atomic E-state index is 0.152. The number of halogens is 1. The molecule has 1 aliphatic rings. The Hall–Kier alpha value is -3.10. The van der Waals surface area contributed by atoms with Gasteiger partial charge in [0, 0.05) is 36.2 Å². The largest absolute Gasteiger partial charge is 0.497 e. The van der Waals surface area contributed by atoms with Gasteiger partial charge in [0.2, 0.25) is 0 Å². The average molecular weight is 501 g/mol. The molecule has 1 atom stereocenters. The first-order valence-electron chi connectivity index (χ1n) is 11.5. The second kappa shape index (κ2) is 11.6. The van der Waals surface area contributed by atoms with Gasteiger partial charge in [0.05, 0.1) is 25.5 Å². The van der Waals surface area contributed by atoms with Gasteiger partial charge in [-0.3, -0.25) is 4.79 Å². The Morgan fingerprint density at radius 2 is 1.91 bits per heavy atom. The van der Waals surface area contributed by atoms with Crippen molar-refractivity contribution in [2.45, 2.75) is 38.8 Å². The van der Waals surface area contributed by atoms with Crippen LogP contribution >= 0.6 is 11.6 Å². The van der Waals surface area contributed by atoms with Crippen molar-refractivity contribution in [2.24, 2.45) is 5.10 Å². The zero-order valence-corrected chi connectivity index (χ0v) is 21.6. The highest BCUT2D eigenvalue weighted by Crippen LogP contribution is 2.36. The van der Waals surface area contributed by atoms with Crippen LogP contribution in [0.4, 0.5) is 4.79 Å². The molecule has 1 aliphatic heterocycles. The number of urea groups is 1. The second-order valence-electron chi connectivity index (χ2n) is 9.35.